The third kappa shape index (κ3) is 2.90. The number of rotatable bonds is 5. The van der Waals surface area contributed by atoms with Crippen LogP contribution in [-0.2, 0) is 9.47 Å². The zero-order valence-corrected chi connectivity index (χ0v) is 11.2. The molecule has 110 valence electrons. The predicted octanol–water partition coefficient (Wildman–Crippen LogP) is -0.304. The molecule has 1 aromatic heterocycles. The molecule has 0 aromatic carbocycles. The van der Waals surface area contributed by atoms with Gasteiger partial charge in [0.1, 0.15) is 12.3 Å². The monoisotopic (exact) mass is 282 g/mol. The summed E-state index contributed by atoms with van der Waals surface area (Å²) < 4.78 is 12.4. The van der Waals surface area contributed by atoms with Gasteiger partial charge in [0.2, 0.25) is 0 Å². The lowest BCUT2D eigenvalue weighted by molar-refractivity contribution is -0.0582. The van der Waals surface area contributed by atoms with Gasteiger partial charge in [-0.25, -0.2) is 4.79 Å². The largest absolute Gasteiger partial charge is 0.394 e. The van der Waals surface area contributed by atoms with E-state index >= 15 is 0 Å². The van der Waals surface area contributed by atoms with Crippen molar-refractivity contribution < 1.29 is 14.6 Å². The zero-order chi connectivity index (χ0) is 14.7. The van der Waals surface area contributed by atoms with Crippen molar-refractivity contribution in [2.24, 2.45) is 0 Å². The van der Waals surface area contributed by atoms with Gasteiger partial charge in [-0.2, -0.15) is 0 Å². The minimum Gasteiger partial charge on any atom is -0.394 e. The molecule has 7 heteroatoms. The molecule has 2 heterocycles. The molecule has 1 aromatic rings. The topological polar surface area (TPSA) is 93.6 Å². The predicted molar refractivity (Wildman–Crippen MR) is 71.6 cm³/mol. The van der Waals surface area contributed by atoms with Crippen molar-refractivity contribution >= 4 is 0 Å². The quantitative estimate of drug-likeness (QED) is 0.723. The highest BCUT2D eigenvalue weighted by atomic mass is 16.6. The van der Waals surface area contributed by atoms with Crippen LogP contribution in [0.25, 0.3) is 0 Å². The summed E-state index contributed by atoms with van der Waals surface area (Å²) >= 11 is 0. The molecule has 0 radical (unpaired) electrons. The van der Waals surface area contributed by atoms with Gasteiger partial charge in [0.05, 0.1) is 19.3 Å². The van der Waals surface area contributed by atoms with Crippen molar-refractivity contribution in [3.8, 4) is 0 Å². The number of hydrogen-bond donors (Lipinski definition) is 2. The Balaban J connectivity index is 2.22. The minimum absolute atomic E-state index is 0.199. The lowest BCUT2D eigenvalue weighted by atomic mass is 10.2. The van der Waals surface area contributed by atoms with E-state index in [1.807, 2.05) is 0 Å². The average Bonchev–Trinajstić information content (AvgIpc) is 2.83. The van der Waals surface area contributed by atoms with Gasteiger partial charge in [0.25, 0.3) is 5.56 Å². The normalized spacial score (nSPS) is 25.8. The van der Waals surface area contributed by atoms with Gasteiger partial charge in [-0.15, -0.1) is 6.58 Å². The van der Waals surface area contributed by atoms with E-state index in [1.54, 1.807) is 13.0 Å². The summed E-state index contributed by atoms with van der Waals surface area (Å²) in [6.45, 7) is 5.32. The van der Waals surface area contributed by atoms with E-state index in [-0.39, 0.29) is 12.7 Å². The van der Waals surface area contributed by atoms with Crippen LogP contribution in [0.2, 0.25) is 0 Å². The lowest BCUT2D eigenvalue weighted by Gasteiger charge is -2.15. The summed E-state index contributed by atoms with van der Waals surface area (Å²) in [5.74, 6) is 0. The molecule has 1 fully saturated rings. The Labute approximate surface area is 115 Å². The van der Waals surface area contributed by atoms with E-state index in [2.05, 4.69) is 11.6 Å². The van der Waals surface area contributed by atoms with Crippen molar-refractivity contribution in [3.05, 3.63) is 45.3 Å². The van der Waals surface area contributed by atoms with Gasteiger partial charge >= 0.3 is 5.69 Å². The first-order chi connectivity index (χ1) is 9.56. The van der Waals surface area contributed by atoms with Crippen LogP contribution in [0.1, 0.15) is 18.2 Å². The fourth-order valence-electron chi connectivity index (χ4n) is 2.20. The fourth-order valence-corrected chi connectivity index (χ4v) is 2.20. The molecule has 3 atom stereocenters. The Morgan fingerprint density at radius 2 is 2.40 bits per heavy atom. The van der Waals surface area contributed by atoms with Crippen molar-refractivity contribution in [2.75, 3.05) is 13.2 Å². The summed E-state index contributed by atoms with van der Waals surface area (Å²) in [6, 6.07) is 0. The second-order valence-electron chi connectivity index (χ2n) is 4.69. The SMILES string of the molecule is C=CCO[C@H]1C[C@H](n2cc(C)c(=O)[nH]c2=O)O[C@@H]1CO. The van der Waals surface area contributed by atoms with E-state index < -0.39 is 23.6 Å². The Kier molecular flexibility index (Phi) is 4.53. The minimum atomic E-state index is -0.565. The van der Waals surface area contributed by atoms with Gasteiger partial charge < -0.3 is 14.6 Å². The molecule has 1 aliphatic heterocycles. The molecule has 0 unspecified atom stereocenters. The van der Waals surface area contributed by atoms with Gasteiger partial charge in [-0.3, -0.25) is 14.3 Å². The third-order valence-electron chi connectivity index (χ3n) is 3.24. The Hall–Kier alpha value is -1.70. The highest BCUT2D eigenvalue weighted by Gasteiger charge is 2.36. The standard InChI is InChI=1S/C13H18N2O5/c1-3-4-19-9-5-11(20-10(9)7-16)15-6-8(2)12(17)14-13(15)18/h3,6,9-11,16H,1,4-5,7H2,2H3,(H,14,17,18)/t9-,10+,11+/m0/s1. The van der Waals surface area contributed by atoms with Crippen LogP contribution in [-0.4, -0.2) is 40.1 Å². The summed E-state index contributed by atoms with van der Waals surface area (Å²) in [6.07, 6.45) is 2.10. The highest BCUT2D eigenvalue weighted by Crippen LogP contribution is 2.29. The number of nitrogens with zero attached hydrogens (tertiary/aromatic N) is 1. The second kappa shape index (κ2) is 6.17. The first-order valence-electron chi connectivity index (χ1n) is 6.37. The maximum absolute atomic E-state index is 11.8. The average molecular weight is 282 g/mol. The van der Waals surface area contributed by atoms with E-state index in [4.69, 9.17) is 9.47 Å². The van der Waals surface area contributed by atoms with Gasteiger partial charge in [-0.1, -0.05) is 6.08 Å². The molecule has 0 bridgehead atoms. The van der Waals surface area contributed by atoms with Crippen LogP contribution >= 0.6 is 0 Å². The zero-order valence-electron chi connectivity index (χ0n) is 11.2. The van der Waals surface area contributed by atoms with Crippen LogP contribution in [0.15, 0.2) is 28.4 Å². The molecule has 1 saturated heterocycles. The maximum Gasteiger partial charge on any atom is 0.330 e. The molecule has 7 nitrogen and oxygen atoms in total. The summed E-state index contributed by atoms with van der Waals surface area (Å²) in [5.41, 5.74) is -0.529. The molecule has 0 aliphatic carbocycles. The summed E-state index contributed by atoms with van der Waals surface area (Å²) in [4.78, 5) is 25.4. The number of ether oxygens (including phenoxy) is 2. The van der Waals surface area contributed by atoms with Gasteiger partial charge in [0, 0.05) is 18.2 Å². The lowest BCUT2D eigenvalue weighted by Crippen LogP contribution is -2.33. The first-order valence-corrected chi connectivity index (χ1v) is 6.37. The van der Waals surface area contributed by atoms with Crippen LogP contribution < -0.4 is 11.2 Å². The van der Waals surface area contributed by atoms with E-state index in [0.29, 0.717) is 18.6 Å². The number of aliphatic hydroxyl groups excluding tert-OH is 1. The number of H-pyrrole nitrogens is 1. The highest BCUT2D eigenvalue weighted by molar-refractivity contribution is 5.02. The van der Waals surface area contributed by atoms with Crippen molar-refractivity contribution in [3.63, 3.8) is 0 Å². The van der Waals surface area contributed by atoms with Crippen molar-refractivity contribution in [1.82, 2.24) is 9.55 Å². The summed E-state index contributed by atoms with van der Waals surface area (Å²) in [7, 11) is 0. The number of aromatic nitrogens is 2. The molecule has 2 N–H and O–H groups in total. The number of aliphatic hydroxyl groups is 1. The maximum atomic E-state index is 11.8. The summed E-state index contributed by atoms with van der Waals surface area (Å²) in [5, 5.41) is 9.29. The van der Waals surface area contributed by atoms with Crippen LogP contribution in [0.4, 0.5) is 0 Å². The van der Waals surface area contributed by atoms with Crippen molar-refractivity contribution in [2.45, 2.75) is 31.8 Å². The number of hydrogen-bond acceptors (Lipinski definition) is 5. The van der Waals surface area contributed by atoms with Gasteiger partial charge in [-0.05, 0) is 6.92 Å². The van der Waals surface area contributed by atoms with Gasteiger partial charge in [0.15, 0.2) is 0 Å². The molecular formula is C13H18N2O5. The molecule has 0 spiro atoms. The van der Waals surface area contributed by atoms with Crippen molar-refractivity contribution in [1.29, 1.82) is 0 Å². The Morgan fingerprint density at radius 1 is 1.65 bits per heavy atom. The number of aryl methyl sites for hydroxylation is 1. The fraction of sp³-hybridized carbons (Fsp3) is 0.538. The molecular weight excluding hydrogens is 264 g/mol. The van der Waals surface area contributed by atoms with Crippen LogP contribution in [0.3, 0.4) is 0 Å². The van der Waals surface area contributed by atoms with E-state index in [9.17, 15) is 14.7 Å². The second-order valence-corrected chi connectivity index (χ2v) is 4.69. The number of nitrogens with one attached hydrogen (secondary N) is 1. The molecule has 2 rings (SSSR count). The number of aromatic amines is 1. The Bertz CT molecular complexity index is 591. The molecule has 0 saturated carbocycles. The molecule has 0 amide bonds. The molecule has 20 heavy (non-hydrogen) atoms. The van der Waals surface area contributed by atoms with E-state index in [0.717, 1.165) is 0 Å². The first kappa shape index (κ1) is 14.7. The van der Waals surface area contributed by atoms with E-state index in [1.165, 1.54) is 10.8 Å². The smallest absolute Gasteiger partial charge is 0.330 e. The third-order valence-corrected chi connectivity index (χ3v) is 3.24. The van der Waals surface area contributed by atoms with Crippen LogP contribution in [0.5, 0.6) is 0 Å². The van der Waals surface area contributed by atoms with Crippen LogP contribution in [0, 0.1) is 6.92 Å². The molecule has 1 aliphatic rings. The Morgan fingerprint density at radius 3 is 3.05 bits per heavy atom.